The number of ketones is 1. The SMILES string of the molecule is O=C(c1ncccn1)C(Cl)Cl. The number of aromatic nitrogens is 2. The predicted molar refractivity (Wildman–Crippen MR) is 41.9 cm³/mol. The van der Waals surface area contributed by atoms with Crippen LogP contribution in [0.3, 0.4) is 0 Å². The maximum absolute atomic E-state index is 11.0. The number of hydrogen-bond donors (Lipinski definition) is 0. The van der Waals surface area contributed by atoms with E-state index in [2.05, 4.69) is 9.97 Å². The van der Waals surface area contributed by atoms with E-state index in [1.165, 1.54) is 12.4 Å². The molecule has 0 bridgehead atoms. The lowest BCUT2D eigenvalue weighted by molar-refractivity contribution is 0.0997. The zero-order valence-electron chi connectivity index (χ0n) is 5.37. The van der Waals surface area contributed by atoms with Gasteiger partial charge in [-0.2, -0.15) is 0 Å². The lowest BCUT2D eigenvalue weighted by atomic mass is 10.4. The Balaban J connectivity index is 2.86. The van der Waals surface area contributed by atoms with E-state index >= 15 is 0 Å². The summed E-state index contributed by atoms with van der Waals surface area (Å²) >= 11 is 10.6. The van der Waals surface area contributed by atoms with Crippen molar-refractivity contribution in [2.45, 2.75) is 4.84 Å². The molecular formula is C6H4Cl2N2O. The molecule has 0 saturated heterocycles. The van der Waals surface area contributed by atoms with Gasteiger partial charge >= 0.3 is 0 Å². The standard InChI is InChI=1S/C6H4Cl2N2O/c7-5(8)4(11)6-9-2-1-3-10-6/h1-3,5H. The molecule has 0 spiro atoms. The topological polar surface area (TPSA) is 42.9 Å². The van der Waals surface area contributed by atoms with Crippen LogP contribution >= 0.6 is 23.2 Å². The molecule has 3 nitrogen and oxygen atoms in total. The Morgan fingerprint density at radius 3 is 2.36 bits per heavy atom. The van der Waals surface area contributed by atoms with Gasteiger partial charge in [0.25, 0.3) is 0 Å². The van der Waals surface area contributed by atoms with Crippen LogP contribution in [0.15, 0.2) is 18.5 Å². The molecule has 1 heterocycles. The van der Waals surface area contributed by atoms with Crippen LogP contribution < -0.4 is 0 Å². The van der Waals surface area contributed by atoms with Crippen molar-refractivity contribution in [1.82, 2.24) is 9.97 Å². The largest absolute Gasteiger partial charge is 0.288 e. The number of rotatable bonds is 2. The Hall–Kier alpha value is -0.670. The third-order valence-electron chi connectivity index (χ3n) is 0.984. The van der Waals surface area contributed by atoms with Crippen LogP contribution in [0.4, 0.5) is 0 Å². The molecule has 1 aromatic rings. The zero-order chi connectivity index (χ0) is 8.27. The van der Waals surface area contributed by atoms with Gasteiger partial charge in [0.15, 0.2) is 10.7 Å². The third-order valence-corrected chi connectivity index (χ3v) is 1.38. The number of Topliss-reactive ketones (excluding diaryl/α,β-unsaturated/α-hetero) is 1. The van der Waals surface area contributed by atoms with Gasteiger partial charge in [0, 0.05) is 12.4 Å². The third kappa shape index (κ3) is 2.13. The first-order chi connectivity index (χ1) is 5.22. The van der Waals surface area contributed by atoms with Gasteiger partial charge in [-0.25, -0.2) is 9.97 Å². The second-order valence-corrected chi connectivity index (χ2v) is 2.83. The fourth-order valence-corrected chi connectivity index (χ4v) is 0.719. The second-order valence-electron chi connectivity index (χ2n) is 1.74. The molecule has 11 heavy (non-hydrogen) atoms. The number of halogens is 2. The zero-order valence-corrected chi connectivity index (χ0v) is 6.88. The lowest BCUT2D eigenvalue weighted by Gasteiger charge is -1.96. The van der Waals surface area contributed by atoms with Gasteiger partial charge in [0.1, 0.15) is 0 Å². The molecule has 1 rings (SSSR count). The molecule has 1 aromatic heterocycles. The van der Waals surface area contributed by atoms with Gasteiger partial charge in [0.05, 0.1) is 0 Å². The average Bonchev–Trinajstić information content (AvgIpc) is 2.05. The smallest absolute Gasteiger partial charge is 0.232 e. The van der Waals surface area contributed by atoms with E-state index in [1.54, 1.807) is 6.07 Å². The summed E-state index contributed by atoms with van der Waals surface area (Å²) in [5.41, 5.74) is 0. The molecule has 0 N–H and O–H groups in total. The monoisotopic (exact) mass is 190 g/mol. The summed E-state index contributed by atoms with van der Waals surface area (Å²) < 4.78 is 0. The van der Waals surface area contributed by atoms with E-state index in [4.69, 9.17) is 23.2 Å². The quantitative estimate of drug-likeness (QED) is 0.524. The van der Waals surface area contributed by atoms with E-state index in [-0.39, 0.29) is 5.82 Å². The minimum absolute atomic E-state index is 0.0440. The summed E-state index contributed by atoms with van der Waals surface area (Å²) in [5, 5.41) is 0. The molecule has 58 valence electrons. The Morgan fingerprint density at radius 2 is 1.91 bits per heavy atom. The van der Waals surface area contributed by atoms with Crippen LogP contribution in [-0.4, -0.2) is 20.6 Å². The van der Waals surface area contributed by atoms with Crippen molar-refractivity contribution in [2.24, 2.45) is 0 Å². The van der Waals surface area contributed by atoms with Crippen LogP contribution in [0, 0.1) is 0 Å². The molecule has 0 aliphatic rings. The van der Waals surface area contributed by atoms with Gasteiger partial charge in [-0.3, -0.25) is 4.79 Å². The highest BCUT2D eigenvalue weighted by atomic mass is 35.5. The summed E-state index contributed by atoms with van der Waals surface area (Å²) in [5.74, 6) is -0.434. The molecule has 0 fully saturated rings. The first-order valence-electron chi connectivity index (χ1n) is 2.81. The first-order valence-corrected chi connectivity index (χ1v) is 3.68. The van der Waals surface area contributed by atoms with Gasteiger partial charge in [-0.05, 0) is 6.07 Å². The van der Waals surface area contributed by atoms with Crippen LogP contribution in [0.2, 0.25) is 0 Å². The number of hydrogen-bond acceptors (Lipinski definition) is 3. The highest BCUT2D eigenvalue weighted by Gasteiger charge is 2.15. The molecule has 0 aliphatic heterocycles. The van der Waals surface area contributed by atoms with E-state index in [9.17, 15) is 4.79 Å². The van der Waals surface area contributed by atoms with Crippen LogP contribution in [0.25, 0.3) is 0 Å². The normalized spacial score (nSPS) is 10.1. The number of carbonyl (C=O) groups is 1. The number of nitrogens with zero attached hydrogens (tertiary/aromatic N) is 2. The summed E-state index contributed by atoms with van der Waals surface area (Å²) in [7, 11) is 0. The molecule has 0 amide bonds. The van der Waals surface area contributed by atoms with Crippen molar-refractivity contribution in [1.29, 1.82) is 0 Å². The van der Waals surface area contributed by atoms with Gasteiger partial charge in [0.2, 0.25) is 5.78 Å². The minimum atomic E-state index is -1.09. The molecule has 0 radical (unpaired) electrons. The minimum Gasteiger partial charge on any atom is -0.288 e. The van der Waals surface area contributed by atoms with Crippen LogP contribution in [0.5, 0.6) is 0 Å². The first kappa shape index (κ1) is 8.43. The van der Waals surface area contributed by atoms with Gasteiger partial charge in [-0.15, -0.1) is 0 Å². The van der Waals surface area contributed by atoms with E-state index in [0.29, 0.717) is 0 Å². The predicted octanol–water partition coefficient (Wildman–Crippen LogP) is 1.46. The summed E-state index contributed by atoms with van der Waals surface area (Å²) in [4.78, 5) is 17.2. The van der Waals surface area contributed by atoms with Crippen LogP contribution in [0.1, 0.15) is 10.6 Å². The summed E-state index contributed by atoms with van der Waals surface area (Å²) in [6.45, 7) is 0. The maximum atomic E-state index is 11.0. The fourth-order valence-electron chi connectivity index (χ4n) is 0.524. The Bertz CT molecular complexity index is 250. The highest BCUT2D eigenvalue weighted by molar-refractivity contribution is 6.55. The van der Waals surface area contributed by atoms with E-state index < -0.39 is 10.6 Å². The molecule has 0 aromatic carbocycles. The van der Waals surface area contributed by atoms with E-state index in [0.717, 1.165) is 0 Å². The Kier molecular flexibility index (Phi) is 2.79. The molecule has 0 saturated carbocycles. The second kappa shape index (κ2) is 3.64. The highest BCUT2D eigenvalue weighted by Crippen LogP contribution is 2.06. The Morgan fingerprint density at radius 1 is 1.36 bits per heavy atom. The molecule has 0 unspecified atom stereocenters. The van der Waals surface area contributed by atoms with Crippen molar-refractivity contribution >= 4 is 29.0 Å². The fraction of sp³-hybridized carbons (Fsp3) is 0.167. The van der Waals surface area contributed by atoms with Crippen molar-refractivity contribution in [3.63, 3.8) is 0 Å². The summed E-state index contributed by atoms with van der Waals surface area (Å²) in [6, 6.07) is 1.61. The molecule has 0 atom stereocenters. The maximum Gasteiger partial charge on any atom is 0.232 e. The molecule has 0 aliphatic carbocycles. The number of carbonyl (C=O) groups excluding carboxylic acids is 1. The van der Waals surface area contributed by atoms with E-state index in [1.807, 2.05) is 0 Å². The van der Waals surface area contributed by atoms with Crippen molar-refractivity contribution in [3.8, 4) is 0 Å². The average molecular weight is 191 g/mol. The van der Waals surface area contributed by atoms with Crippen molar-refractivity contribution < 1.29 is 4.79 Å². The summed E-state index contributed by atoms with van der Waals surface area (Å²) in [6.07, 6.45) is 2.91. The van der Waals surface area contributed by atoms with Crippen molar-refractivity contribution in [2.75, 3.05) is 0 Å². The van der Waals surface area contributed by atoms with Gasteiger partial charge < -0.3 is 0 Å². The molecule has 5 heteroatoms. The van der Waals surface area contributed by atoms with Crippen molar-refractivity contribution in [3.05, 3.63) is 24.3 Å². The van der Waals surface area contributed by atoms with Gasteiger partial charge in [-0.1, -0.05) is 23.2 Å². The Labute approximate surface area is 73.4 Å². The lowest BCUT2D eigenvalue weighted by Crippen LogP contribution is -2.11. The van der Waals surface area contributed by atoms with Crippen LogP contribution in [-0.2, 0) is 0 Å². The number of alkyl halides is 2. The molecular weight excluding hydrogens is 187 g/mol.